The van der Waals surface area contributed by atoms with Crippen LogP contribution in [0.3, 0.4) is 0 Å². The van der Waals surface area contributed by atoms with Crippen molar-refractivity contribution in [2.45, 2.75) is 0 Å². The molecule has 0 aliphatic carbocycles. The molecule has 0 saturated carbocycles. The molecule has 0 bridgehead atoms. The van der Waals surface area contributed by atoms with Gasteiger partial charge in [-0.05, 0) is 29.8 Å². The standard InChI is InChI=1S/C22H16BrN5O/c23-18-11-7-8-16(14-18)15-24-26-22(29)20-25-21(17-9-3-1-4-10-17)28(27-20)19-12-5-2-6-13-19/h1-15H,(H,26,29)/b24-15-. The number of rotatable bonds is 5. The Kier molecular flexibility index (Phi) is 5.58. The second-order valence-corrected chi connectivity index (χ2v) is 7.04. The zero-order valence-corrected chi connectivity index (χ0v) is 16.8. The highest BCUT2D eigenvalue weighted by Crippen LogP contribution is 2.21. The topological polar surface area (TPSA) is 72.2 Å². The van der Waals surface area contributed by atoms with Crippen LogP contribution in [0.15, 0.2) is 94.5 Å². The predicted octanol–water partition coefficient (Wildman–Crippen LogP) is 4.46. The molecule has 3 aromatic carbocycles. The lowest BCUT2D eigenvalue weighted by Crippen LogP contribution is -2.19. The van der Waals surface area contributed by atoms with Gasteiger partial charge >= 0.3 is 5.91 Å². The van der Waals surface area contributed by atoms with Crippen molar-refractivity contribution >= 4 is 28.1 Å². The Labute approximate surface area is 176 Å². The lowest BCUT2D eigenvalue weighted by molar-refractivity contribution is 0.0945. The van der Waals surface area contributed by atoms with E-state index in [9.17, 15) is 4.79 Å². The van der Waals surface area contributed by atoms with Gasteiger partial charge in [-0.25, -0.2) is 15.1 Å². The number of benzene rings is 3. The highest BCUT2D eigenvalue weighted by molar-refractivity contribution is 9.10. The summed E-state index contributed by atoms with van der Waals surface area (Å²) in [4.78, 5) is 17.0. The van der Waals surface area contributed by atoms with Gasteiger partial charge in [0, 0.05) is 10.0 Å². The van der Waals surface area contributed by atoms with Gasteiger partial charge in [0.25, 0.3) is 0 Å². The van der Waals surface area contributed by atoms with E-state index in [0.717, 1.165) is 21.3 Å². The normalized spacial score (nSPS) is 10.9. The molecule has 7 heteroatoms. The molecule has 1 N–H and O–H groups in total. The molecule has 142 valence electrons. The lowest BCUT2D eigenvalue weighted by Gasteiger charge is -2.05. The quantitative estimate of drug-likeness (QED) is 0.364. The van der Waals surface area contributed by atoms with E-state index in [0.29, 0.717) is 5.82 Å². The van der Waals surface area contributed by atoms with Crippen molar-refractivity contribution in [3.05, 3.63) is 101 Å². The maximum Gasteiger partial charge on any atom is 0.311 e. The highest BCUT2D eigenvalue weighted by Gasteiger charge is 2.18. The molecule has 0 fully saturated rings. The van der Waals surface area contributed by atoms with Crippen LogP contribution in [0.5, 0.6) is 0 Å². The Hall–Kier alpha value is -3.58. The molecular weight excluding hydrogens is 430 g/mol. The fourth-order valence-electron chi connectivity index (χ4n) is 2.73. The van der Waals surface area contributed by atoms with Crippen molar-refractivity contribution in [2.24, 2.45) is 5.10 Å². The third-order valence-electron chi connectivity index (χ3n) is 4.07. The van der Waals surface area contributed by atoms with E-state index in [1.807, 2.05) is 84.9 Å². The van der Waals surface area contributed by atoms with E-state index in [1.54, 1.807) is 10.9 Å². The fourth-order valence-corrected chi connectivity index (χ4v) is 3.15. The van der Waals surface area contributed by atoms with Crippen LogP contribution in [0.1, 0.15) is 16.2 Å². The first-order valence-electron chi connectivity index (χ1n) is 8.87. The minimum Gasteiger partial charge on any atom is -0.264 e. The van der Waals surface area contributed by atoms with Crippen molar-refractivity contribution in [1.82, 2.24) is 20.2 Å². The number of carbonyl (C=O) groups is 1. The number of aromatic nitrogens is 3. The van der Waals surface area contributed by atoms with Gasteiger partial charge in [-0.15, -0.1) is 5.10 Å². The van der Waals surface area contributed by atoms with Gasteiger partial charge in [-0.1, -0.05) is 76.6 Å². The largest absolute Gasteiger partial charge is 0.311 e. The molecule has 0 saturated heterocycles. The summed E-state index contributed by atoms with van der Waals surface area (Å²) >= 11 is 3.40. The molecule has 0 aliphatic rings. The Bertz CT molecular complexity index is 1100. The number of nitrogens with zero attached hydrogens (tertiary/aromatic N) is 4. The zero-order chi connectivity index (χ0) is 20.1. The van der Waals surface area contributed by atoms with Crippen LogP contribution in [0, 0.1) is 0 Å². The fraction of sp³-hybridized carbons (Fsp3) is 0. The van der Waals surface area contributed by atoms with E-state index in [2.05, 4.69) is 36.5 Å². The third kappa shape index (κ3) is 4.47. The van der Waals surface area contributed by atoms with Crippen molar-refractivity contribution in [3.63, 3.8) is 0 Å². The second kappa shape index (κ2) is 8.62. The van der Waals surface area contributed by atoms with Crippen LogP contribution in [-0.2, 0) is 0 Å². The van der Waals surface area contributed by atoms with E-state index in [1.165, 1.54) is 0 Å². The van der Waals surface area contributed by atoms with Gasteiger partial charge in [0.15, 0.2) is 5.82 Å². The first-order valence-corrected chi connectivity index (χ1v) is 9.67. The van der Waals surface area contributed by atoms with E-state index >= 15 is 0 Å². The van der Waals surface area contributed by atoms with Crippen LogP contribution in [0.4, 0.5) is 0 Å². The number of amides is 1. The first kappa shape index (κ1) is 18.8. The summed E-state index contributed by atoms with van der Waals surface area (Å²) in [5.41, 5.74) is 5.02. The average Bonchev–Trinajstić information content (AvgIpc) is 3.21. The monoisotopic (exact) mass is 445 g/mol. The molecule has 1 heterocycles. The summed E-state index contributed by atoms with van der Waals surface area (Å²) in [6.45, 7) is 0. The Morgan fingerprint density at radius 1 is 0.966 bits per heavy atom. The maximum absolute atomic E-state index is 12.6. The van der Waals surface area contributed by atoms with Crippen LogP contribution < -0.4 is 5.43 Å². The average molecular weight is 446 g/mol. The highest BCUT2D eigenvalue weighted by atomic mass is 79.9. The molecule has 0 aliphatic heterocycles. The van der Waals surface area contributed by atoms with E-state index in [4.69, 9.17) is 0 Å². The van der Waals surface area contributed by atoms with Crippen LogP contribution in [-0.4, -0.2) is 26.9 Å². The summed E-state index contributed by atoms with van der Waals surface area (Å²) in [5.74, 6) is 0.139. The molecule has 1 amide bonds. The molecule has 0 unspecified atom stereocenters. The van der Waals surface area contributed by atoms with Crippen LogP contribution in [0.25, 0.3) is 17.1 Å². The number of halogens is 1. The molecule has 4 aromatic rings. The predicted molar refractivity (Wildman–Crippen MR) is 116 cm³/mol. The zero-order valence-electron chi connectivity index (χ0n) is 15.2. The summed E-state index contributed by atoms with van der Waals surface area (Å²) in [6.07, 6.45) is 1.56. The number of hydrogen-bond acceptors (Lipinski definition) is 4. The minimum absolute atomic E-state index is 0.0408. The van der Waals surface area contributed by atoms with Gasteiger partial charge in [0.2, 0.25) is 5.82 Å². The van der Waals surface area contributed by atoms with Gasteiger partial charge < -0.3 is 0 Å². The summed E-state index contributed by atoms with van der Waals surface area (Å²) in [5, 5.41) is 8.42. The number of para-hydroxylation sites is 1. The van der Waals surface area contributed by atoms with Crippen LogP contribution in [0.2, 0.25) is 0 Å². The van der Waals surface area contributed by atoms with Crippen molar-refractivity contribution in [2.75, 3.05) is 0 Å². The van der Waals surface area contributed by atoms with Gasteiger partial charge in [-0.2, -0.15) is 5.10 Å². The van der Waals surface area contributed by atoms with Gasteiger partial charge in [0.1, 0.15) is 0 Å². The minimum atomic E-state index is -0.483. The molecule has 4 rings (SSSR count). The smallest absolute Gasteiger partial charge is 0.264 e. The molecule has 29 heavy (non-hydrogen) atoms. The van der Waals surface area contributed by atoms with E-state index in [-0.39, 0.29) is 5.82 Å². The maximum atomic E-state index is 12.6. The van der Waals surface area contributed by atoms with Gasteiger partial charge in [-0.3, -0.25) is 4.79 Å². The molecular formula is C22H16BrN5O. The third-order valence-corrected chi connectivity index (χ3v) is 4.56. The number of carbonyl (C=O) groups excluding carboxylic acids is 1. The Morgan fingerprint density at radius 3 is 2.41 bits per heavy atom. The lowest BCUT2D eigenvalue weighted by atomic mass is 10.2. The summed E-state index contributed by atoms with van der Waals surface area (Å²) < 4.78 is 2.59. The number of nitrogens with one attached hydrogen (secondary N) is 1. The van der Waals surface area contributed by atoms with E-state index < -0.39 is 5.91 Å². The van der Waals surface area contributed by atoms with Crippen molar-refractivity contribution < 1.29 is 4.79 Å². The Morgan fingerprint density at radius 2 is 1.69 bits per heavy atom. The number of hydrazone groups is 1. The molecule has 0 spiro atoms. The summed E-state index contributed by atoms with van der Waals surface area (Å²) in [6, 6.07) is 26.8. The molecule has 0 radical (unpaired) electrons. The molecule has 0 atom stereocenters. The Balaban J connectivity index is 1.62. The van der Waals surface area contributed by atoms with Gasteiger partial charge in [0.05, 0.1) is 11.9 Å². The second-order valence-electron chi connectivity index (χ2n) is 6.13. The summed E-state index contributed by atoms with van der Waals surface area (Å²) in [7, 11) is 0. The van der Waals surface area contributed by atoms with Crippen LogP contribution >= 0.6 is 15.9 Å². The molecule has 1 aromatic heterocycles. The number of hydrogen-bond donors (Lipinski definition) is 1. The molecule has 6 nitrogen and oxygen atoms in total. The van der Waals surface area contributed by atoms with Crippen molar-refractivity contribution in [3.8, 4) is 17.1 Å². The first-order chi connectivity index (χ1) is 14.2. The van der Waals surface area contributed by atoms with Crippen molar-refractivity contribution in [1.29, 1.82) is 0 Å². The SMILES string of the molecule is O=C(N/N=C\c1cccc(Br)c1)c1nc(-c2ccccc2)n(-c2ccccc2)n1.